The number of aliphatic carboxylic acids is 1. The second-order valence-corrected chi connectivity index (χ2v) is 6.43. The Labute approximate surface area is 123 Å². The summed E-state index contributed by atoms with van der Waals surface area (Å²) in [5, 5.41) is 9.36. The van der Waals surface area contributed by atoms with Crippen molar-refractivity contribution in [3.8, 4) is 0 Å². The highest BCUT2D eigenvalue weighted by atomic mass is 16.6. The molecule has 1 saturated carbocycles. The van der Waals surface area contributed by atoms with Gasteiger partial charge in [-0.15, -0.1) is 0 Å². The highest BCUT2D eigenvalue weighted by molar-refractivity contribution is 5.86. The zero-order valence-electron chi connectivity index (χ0n) is 12.7. The number of nitrogens with zero attached hydrogens (tertiary/aromatic N) is 1. The molecule has 0 spiro atoms. The summed E-state index contributed by atoms with van der Waals surface area (Å²) < 4.78 is 10.2. The van der Waals surface area contributed by atoms with Crippen molar-refractivity contribution in [1.82, 2.24) is 4.90 Å². The van der Waals surface area contributed by atoms with Crippen LogP contribution in [-0.4, -0.2) is 52.8 Å². The van der Waals surface area contributed by atoms with Gasteiger partial charge < -0.3 is 14.6 Å². The Balaban J connectivity index is 2.07. The molecule has 21 heavy (non-hydrogen) atoms. The number of esters is 1. The van der Waals surface area contributed by atoms with E-state index >= 15 is 0 Å². The highest BCUT2D eigenvalue weighted by Crippen LogP contribution is 2.56. The Hall–Kier alpha value is -1.79. The van der Waals surface area contributed by atoms with Crippen molar-refractivity contribution >= 4 is 18.0 Å². The minimum absolute atomic E-state index is 0.141. The largest absolute Gasteiger partial charge is 0.480 e. The maximum atomic E-state index is 12.1. The van der Waals surface area contributed by atoms with Gasteiger partial charge in [-0.05, 0) is 33.6 Å². The minimum atomic E-state index is -1.11. The SMILES string of the molecule is CCOC(=O)[C@@H]1[C@H]2CN(C(=O)OC(C)(C)C)[C@H](C(=O)O)[C@H]21. The molecule has 2 fully saturated rings. The molecule has 0 aromatic rings. The van der Waals surface area contributed by atoms with E-state index in [0.717, 1.165) is 0 Å². The molecule has 7 heteroatoms. The molecule has 1 aliphatic carbocycles. The molecule has 2 aliphatic rings. The van der Waals surface area contributed by atoms with Gasteiger partial charge in [-0.2, -0.15) is 0 Å². The Morgan fingerprint density at radius 2 is 1.90 bits per heavy atom. The van der Waals surface area contributed by atoms with Gasteiger partial charge in [0.05, 0.1) is 12.5 Å². The standard InChI is InChI=1S/C14H21NO6/c1-5-20-12(18)9-7-6-15(10(8(7)9)11(16)17)13(19)21-14(2,3)4/h7-10H,5-6H2,1-4H3,(H,16,17)/t7-,8+,9+,10-/m0/s1. The summed E-state index contributed by atoms with van der Waals surface area (Å²) in [6.45, 7) is 7.36. The van der Waals surface area contributed by atoms with E-state index in [-0.39, 0.29) is 31.0 Å². The number of amides is 1. The van der Waals surface area contributed by atoms with Gasteiger partial charge >= 0.3 is 18.0 Å². The maximum absolute atomic E-state index is 12.1. The lowest BCUT2D eigenvalue weighted by Gasteiger charge is -2.29. The first kappa shape index (κ1) is 15.6. The first-order chi connectivity index (χ1) is 9.67. The topological polar surface area (TPSA) is 93.1 Å². The zero-order valence-corrected chi connectivity index (χ0v) is 12.7. The quantitative estimate of drug-likeness (QED) is 0.785. The molecule has 0 bridgehead atoms. The first-order valence-electron chi connectivity index (χ1n) is 7.06. The number of carbonyl (C=O) groups excluding carboxylic acids is 2. The monoisotopic (exact) mass is 299 g/mol. The zero-order chi connectivity index (χ0) is 15.9. The molecule has 118 valence electrons. The smallest absolute Gasteiger partial charge is 0.411 e. The number of hydrogen-bond donors (Lipinski definition) is 1. The fourth-order valence-corrected chi connectivity index (χ4v) is 2.99. The van der Waals surface area contributed by atoms with Crippen molar-refractivity contribution in [1.29, 1.82) is 0 Å². The average Bonchev–Trinajstić information content (AvgIpc) is 2.87. The van der Waals surface area contributed by atoms with E-state index in [0.29, 0.717) is 0 Å². The lowest BCUT2D eigenvalue weighted by Crippen LogP contribution is -2.47. The van der Waals surface area contributed by atoms with Gasteiger partial charge in [0.2, 0.25) is 0 Å². The lowest BCUT2D eigenvalue weighted by molar-refractivity contribution is -0.147. The Bertz CT molecular complexity index is 469. The molecule has 1 aliphatic heterocycles. The summed E-state index contributed by atoms with van der Waals surface area (Å²) >= 11 is 0. The van der Waals surface area contributed by atoms with Crippen molar-refractivity contribution < 1.29 is 29.0 Å². The molecular weight excluding hydrogens is 278 g/mol. The van der Waals surface area contributed by atoms with E-state index in [1.807, 2.05) is 0 Å². The van der Waals surface area contributed by atoms with Crippen LogP contribution in [0.5, 0.6) is 0 Å². The Morgan fingerprint density at radius 1 is 1.29 bits per heavy atom. The third-order valence-electron chi connectivity index (χ3n) is 3.78. The molecule has 0 aromatic heterocycles. The second-order valence-electron chi connectivity index (χ2n) is 6.43. The number of ether oxygens (including phenoxy) is 2. The van der Waals surface area contributed by atoms with Gasteiger partial charge in [0.25, 0.3) is 0 Å². The van der Waals surface area contributed by atoms with Gasteiger partial charge in [-0.25, -0.2) is 9.59 Å². The van der Waals surface area contributed by atoms with E-state index in [2.05, 4.69) is 0 Å². The van der Waals surface area contributed by atoms with Crippen molar-refractivity contribution in [2.24, 2.45) is 17.8 Å². The molecule has 0 radical (unpaired) electrons. The fourth-order valence-electron chi connectivity index (χ4n) is 2.99. The first-order valence-corrected chi connectivity index (χ1v) is 7.06. The van der Waals surface area contributed by atoms with Crippen LogP contribution in [0.1, 0.15) is 27.7 Å². The predicted octanol–water partition coefficient (Wildman–Crippen LogP) is 1.12. The molecule has 1 amide bonds. The van der Waals surface area contributed by atoms with Crippen molar-refractivity contribution in [2.75, 3.05) is 13.2 Å². The molecule has 0 aromatic carbocycles. The van der Waals surface area contributed by atoms with Crippen LogP contribution in [0, 0.1) is 17.8 Å². The van der Waals surface area contributed by atoms with E-state index in [1.54, 1.807) is 27.7 Å². The van der Waals surface area contributed by atoms with Crippen LogP contribution in [0.2, 0.25) is 0 Å². The molecule has 1 saturated heterocycles. The number of carboxylic acids is 1. The lowest BCUT2D eigenvalue weighted by atomic mass is 10.1. The highest BCUT2D eigenvalue weighted by Gasteiger charge is 2.68. The number of fused-ring (bicyclic) bond motifs is 1. The summed E-state index contributed by atoms with van der Waals surface area (Å²) in [6.07, 6.45) is -0.648. The van der Waals surface area contributed by atoms with Crippen LogP contribution in [0.3, 0.4) is 0 Å². The summed E-state index contributed by atoms with van der Waals surface area (Å²) in [4.78, 5) is 36.5. The summed E-state index contributed by atoms with van der Waals surface area (Å²) in [7, 11) is 0. The number of carbonyl (C=O) groups is 3. The van der Waals surface area contributed by atoms with Gasteiger partial charge in [-0.1, -0.05) is 0 Å². The third-order valence-corrected chi connectivity index (χ3v) is 3.78. The van der Waals surface area contributed by atoms with Crippen molar-refractivity contribution in [2.45, 2.75) is 39.3 Å². The van der Waals surface area contributed by atoms with Crippen LogP contribution in [0.4, 0.5) is 4.79 Å². The molecular formula is C14H21NO6. The average molecular weight is 299 g/mol. The van der Waals surface area contributed by atoms with Gasteiger partial charge in [-0.3, -0.25) is 9.69 Å². The van der Waals surface area contributed by atoms with Gasteiger partial charge in [0, 0.05) is 12.5 Å². The van der Waals surface area contributed by atoms with E-state index in [9.17, 15) is 19.5 Å². The molecule has 4 atom stereocenters. The fraction of sp³-hybridized carbons (Fsp3) is 0.786. The number of carboxylic acid groups (broad SMARTS) is 1. The molecule has 1 N–H and O–H groups in total. The van der Waals surface area contributed by atoms with Crippen LogP contribution in [-0.2, 0) is 19.1 Å². The Kier molecular flexibility index (Phi) is 3.86. The van der Waals surface area contributed by atoms with Gasteiger partial charge in [0.1, 0.15) is 11.6 Å². The van der Waals surface area contributed by atoms with Crippen LogP contribution >= 0.6 is 0 Å². The Morgan fingerprint density at radius 3 is 2.38 bits per heavy atom. The molecule has 7 nitrogen and oxygen atoms in total. The van der Waals surface area contributed by atoms with Crippen LogP contribution in [0.25, 0.3) is 0 Å². The predicted molar refractivity (Wildman–Crippen MR) is 71.5 cm³/mol. The van der Waals surface area contributed by atoms with E-state index < -0.39 is 29.6 Å². The molecule has 0 unspecified atom stereocenters. The number of piperidine rings is 1. The van der Waals surface area contributed by atoms with E-state index in [1.165, 1.54) is 4.90 Å². The third kappa shape index (κ3) is 2.96. The van der Waals surface area contributed by atoms with Crippen molar-refractivity contribution in [3.63, 3.8) is 0 Å². The summed E-state index contributed by atoms with van der Waals surface area (Å²) in [5.74, 6) is -2.40. The van der Waals surface area contributed by atoms with Crippen LogP contribution < -0.4 is 0 Å². The minimum Gasteiger partial charge on any atom is -0.480 e. The molecule has 1 heterocycles. The number of hydrogen-bond acceptors (Lipinski definition) is 5. The van der Waals surface area contributed by atoms with Gasteiger partial charge in [0.15, 0.2) is 0 Å². The molecule has 2 rings (SSSR count). The normalized spacial score (nSPS) is 30.6. The summed E-state index contributed by atoms with van der Waals surface area (Å²) in [6, 6.07) is -1.01. The van der Waals surface area contributed by atoms with Crippen LogP contribution in [0.15, 0.2) is 0 Å². The number of likely N-dealkylation sites (tertiary alicyclic amines) is 1. The van der Waals surface area contributed by atoms with E-state index in [4.69, 9.17) is 9.47 Å². The van der Waals surface area contributed by atoms with Crippen molar-refractivity contribution in [3.05, 3.63) is 0 Å². The summed E-state index contributed by atoms with van der Waals surface area (Å²) in [5.41, 5.74) is -0.687. The number of rotatable bonds is 3. The maximum Gasteiger partial charge on any atom is 0.411 e. The second kappa shape index (κ2) is 5.20.